The number of rotatable bonds is 3. The van der Waals surface area contributed by atoms with Crippen LogP contribution in [0.3, 0.4) is 0 Å². The van der Waals surface area contributed by atoms with Crippen molar-refractivity contribution in [2.75, 3.05) is 39.3 Å². The van der Waals surface area contributed by atoms with Gasteiger partial charge in [-0.1, -0.05) is 12.1 Å². The summed E-state index contributed by atoms with van der Waals surface area (Å²) in [6, 6.07) is 8.69. The topological polar surface area (TPSA) is 53.4 Å². The molecule has 0 radical (unpaired) electrons. The van der Waals surface area contributed by atoms with Crippen LogP contribution in [-0.4, -0.2) is 70.8 Å². The number of hydrogen-bond donors (Lipinski definition) is 1. The fourth-order valence-corrected chi connectivity index (χ4v) is 4.08. The van der Waals surface area contributed by atoms with E-state index >= 15 is 0 Å². The molecule has 1 unspecified atom stereocenters. The minimum absolute atomic E-state index is 0.110. The maximum Gasteiger partial charge on any atom is 0.257 e. The van der Waals surface area contributed by atoms with Gasteiger partial charge >= 0.3 is 0 Å². The van der Waals surface area contributed by atoms with Crippen molar-refractivity contribution in [3.8, 4) is 5.69 Å². The summed E-state index contributed by atoms with van der Waals surface area (Å²) in [7, 11) is 0. The Bertz CT molecular complexity index is 793. The van der Waals surface area contributed by atoms with E-state index < -0.39 is 0 Å². The van der Waals surface area contributed by atoms with Gasteiger partial charge in [0.1, 0.15) is 0 Å². The molecule has 1 N–H and O–H groups in total. The second-order valence-electron chi connectivity index (χ2n) is 7.37. The Balaban J connectivity index is 1.49. The van der Waals surface area contributed by atoms with Gasteiger partial charge in [-0.25, -0.2) is 4.68 Å². The number of piperazine rings is 1. The molecule has 2 aliphatic rings. The number of amides is 1. The summed E-state index contributed by atoms with van der Waals surface area (Å²) in [6.07, 6.45) is 2.79. The van der Waals surface area contributed by atoms with Crippen LogP contribution in [0.25, 0.3) is 5.69 Å². The molecular formula is C20H27N5O. The molecule has 1 atom stereocenters. The van der Waals surface area contributed by atoms with E-state index in [1.165, 1.54) is 5.56 Å². The zero-order valence-corrected chi connectivity index (χ0v) is 15.6. The molecule has 2 saturated heterocycles. The number of likely N-dealkylation sites (tertiary alicyclic amines) is 1. The van der Waals surface area contributed by atoms with E-state index in [1.54, 1.807) is 6.20 Å². The highest BCUT2D eigenvalue weighted by molar-refractivity contribution is 5.95. The second-order valence-corrected chi connectivity index (χ2v) is 7.37. The predicted molar refractivity (Wildman–Crippen MR) is 102 cm³/mol. The average molecular weight is 353 g/mol. The van der Waals surface area contributed by atoms with Gasteiger partial charge in [-0.05, 0) is 38.0 Å². The SMILES string of the molecule is Cc1cccc(-n2ncc(C(=O)N3CCC(N4CCNCC4)C3)c2C)c1. The van der Waals surface area contributed by atoms with E-state index in [4.69, 9.17) is 0 Å². The Kier molecular flexibility index (Phi) is 4.78. The van der Waals surface area contributed by atoms with E-state index in [1.807, 2.05) is 28.6 Å². The third kappa shape index (κ3) is 3.27. The smallest absolute Gasteiger partial charge is 0.257 e. The van der Waals surface area contributed by atoms with E-state index in [0.717, 1.165) is 57.1 Å². The van der Waals surface area contributed by atoms with Crippen LogP contribution in [0, 0.1) is 13.8 Å². The Hall–Kier alpha value is -2.18. The van der Waals surface area contributed by atoms with Crippen LogP contribution in [0.1, 0.15) is 28.0 Å². The Morgan fingerprint density at radius 3 is 2.77 bits per heavy atom. The molecular weight excluding hydrogens is 326 g/mol. The molecule has 2 aliphatic heterocycles. The number of nitrogens with one attached hydrogen (secondary N) is 1. The summed E-state index contributed by atoms with van der Waals surface area (Å²) in [5, 5.41) is 7.87. The highest BCUT2D eigenvalue weighted by Gasteiger charge is 2.32. The number of carbonyl (C=O) groups is 1. The summed E-state index contributed by atoms with van der Waals surface area (Å²) in [6.45, 7) is 9.96. The van der Waals surface area contributed by atoms with Gasteiger partial charge in [-0.2, -0.15) is 5.10 Å². The summed E-state index contributed by atoms with van der Waals surface area (Å²) in [5.41, 5.74) is 3.81. The Morgan fingerprint density at radius 1 is 1.19 bits per heavy atom. The minimum Gasteiger partial charge on any atom is -0.337 e. The molecule has 3 heterocycles. The maximum absolute atomic E-state index is 13.0. The van der Waals surface area contributed by atoms with Crippen molar-refractivity contribution in [3.63, 3.8) is 0 Å². The van der Waals surface area contributed by atoms with Crippen molar-refractivity contribution in [1.82, 2.24) is 24.9 Å². The Labute approximate surface area is 154 Å². The van der Waals surface area contributed by atoms with Crippen molar-refractivity contribution in [2.24, 2.45) is 0 Å². The van der Waals surface area contributed by atoms with E-state index in [9.17, 15) is 4.79 Å². The second kappa shape index (κ2) is 7.21. The fraction of sp³-hybridized carbons (Fsp3) is 0.500. The fourth-order valence-electron chi connectivity index (χ4n) is 4.08. The molecule has 6 nitrogen and oxygen atoms in total. The lowest BCUT2D eigenvalue weighted by molar-refractivity contribution is 0.0772. The molecule has 0 spiro atoms. The quantitative estimate of drug-likeness (QED) is 0.911. The van der Waals surface area contributed by atoms with Crippen LogP contribution >= 0.6 is 0 Å². The van der Waals surface area contributed by atoms with Gasteiger partial charge in [0.15, 0.2) is 0 Å². The van der Waals surface area contributed by atoms with Gasteiger partial charge in [0.05, 0.1) is 23.1 Å². The van der Waals surface area contributed by atoms with Crippen molar-refractivity contribution >= 4 is 5.91 Å². The largest absolute Gasteiger partial charge is 0.337 e. The number of benzene rings is 1. The molecule has 138 valence electrons. The van der Waals surface area contributed by atoms with Crippen LogP contribution in [0.2, 0.25) is 0 Å². The number of nitrogens with zero attached hydrogens (tertiary/aromatic N) is 4. The van der Waals surface area contributed by atoms with Crippen LogP contribution in [0.4, 0.5) is 0 Å². The molecule has 1 amide bonds. The average Bonchev–Trinajstić information content (AvgIpc) is 3.29. The first-order valence-electron chi connectivity index (χ1n) is 9.49. The zero-order valence-electron chi connectivity index (χ0n) is 15.6. The highest BCUT2D eigenvalue weighted by atomic mass is 16.2. The molecule has 1 aromatic carbocycles. The van der Waals surface area contributed by atoms with Gasteiger partial charge in [-0.15, -0.1) is 0 Å². The number of carbonyl (C=O) groups excluding carboxylic acids is 1. The van der Waals surface area contributed by atoms with Crippen LogP contribution in [0.5, 0.6) is 0 Å². The lowest BCUT2D eigenvalue weighted by Gasteiger charge is -2.32. The first-order chi connectivity index (χ1) is 12.6. The van der Waals surface area contributed by atoms with E-state index in [-0.39, 0.29) is 5.91 Å². The van der Waals surface area contributed by atoms with Crippen molar-refractivity contribution in [1.29, 1.82) is 0 Å². The maximum atomic E-state index is 13.0. The molecule has 1 aromatic heterocycles. The summed E-state index contributed by atoms with van der Waals surface area (Å²) in [4.78, 5) is 17.6. The third-order valence-corrected chi connectivity index (χ3v) is 5.61. The first-order valence-corrected chi connectivity index (χ1v) is 9.49. The molecule has 4 rings (SSSR count). The zero-order chi connectivity index (χ0) is 18.1. The molecule has 0 bridgehead atoms. The predicted octanol–water partition coefficient (Wildman–Crippen LogP) is 1.61. The van der Waals surface area contributed by atoms with Crippen molar-refractivity contribution < 1.29 is 4.79 Å². The first kappa shape index (κ1) is 17.2. The number of aromatic nitrogens is 2. The lowest BCUT2D eigenvalue weighted by Crippen LogP contribution is -2.49. The molecule has 0 aliphatic carbocycles. The van der Waals surface area contributed by atoms with Crippen molar-refractivity contribution in [3.05, 3.63) is 47.3 Å². The third-order valence-electron chi connectivity index (χ3n) is 5.61. The van der Waals surface area contributed by atoms with Crippen LogP contribution < -0.4 is 5.32 Å². The van der Waals surface area contributed by atoms with E-state index in [0.29, 0.717) is 11.6 Å². The van der Waals surface area contributed by atoms with Crippen LogP contribution in [0.15, 0.2) is 30.5 Å². The lowest BCUT2D eigenvalue weighted by atomic mass is 10.2. The van der Waals surface area contributed by atoms with Gasteiger partial charge in [0.25, 0.3) is 5.91 Å². The van der Waals surface area contributed by atoms with Gasteiger partial charge < -0.3 is 10.2 Å². The van der Waals surface area contributed by atoms with Crippen LogP contribution in [-0.2, 0) is 0 Å². The summed E-state index contributed by atoms with van der Waals surface area (Å²) < 4.78 is 1.87. The van der Waals surface area contributed by atoms with E-state index in [2.05, 4.69) is 34.4 Å². The monoisotopic (exact) mass is 353 g/mol. The molecule has 26 heavy (non-hydrogen) atoms. The molecule has 0 saturated carbocycles. The standard InChI is InChI=1S/C20H27N5O/c1-15-4-3-5-17(12-15)25-16(2)19(13-22-25)20(26)24-9-6-18(14-24)23-10-7-21-8-11-23/h3-5,12-13,18,21H,6-11,14H2,1-2H3. The van der Waals surface area contributed by atoms with Crippen molar-refractivity contribution in [2.45, 2.75) is 26.3 Å². The minimum atomic E-state index is 0.110. The Morgan fingerprint density at radius 2 is 2.00 bits per heavy atom. The molecule has 6 heteroatoms. The van der Waals surface area contributed by atoms with Gasteiger partial charge in [0.2, 0.25) is 0 Å². The summed E-state index contributed by atoms with van der Waals surface area (Å²) >= 11 is 0. The number of hydrogen-bond acceptors (Lipinski definition) is 4. The number of aryl methyl sites for hydroxylation is 1. The molecule has 2 aromatic rings. The summed E-state index contributed by atoms with van der Waals surface area (Å²) in [5.74, 6) is 0.110. The molecule has 2 fully saturated rings. The highest BCUT2D eigenvalue weighted by Crippen LogP contribution is 2.21. The van der Waals surface area contributed by atoms with Gasteiger partial charge in [0, 0.05) is 45.3 Å². The van der Waals surface area contributed by atoms with Gasteiger partial charge in [-0.3, -0.25) is 9.69 Å². The normalized spacial score (nSPS) is 21.3.